The average molecular weight is 128 g/mol. The summed E-state index contributed by atoms with van der Waals surface area (Å²) >= 11 is 0. The van der Waals surface area contributed by atoms with Gasteiger partial charge in [-0.3, -0.25) is 0 Å². The van der Waals surface area contributed by atoms with Gasteiger partial charge in [0.05, 0.1) is 0 Å². The first-order valence-corrected chi connectivity index (χ1v) is 2.39. The van der Waals surface area contributed by atoms with Gasteiger partial charge in [-0.25, -0.2) is 0 Å². The van der Waals surface area contributed by atoms with Crippen molar-refractivity contribution in [2.24, 2.45) is 16.0 Å². The van der Waals surface area contributed by atoms with Gasteiger partial charge < -0.3 is 10.6 Å². The van der Waals surface area contributed by atoms with E-state index in [9.17, 15) is 0 Å². The minimum atomic E-state index is 0.340. The average Bonchev–Trinajstić information content (AvgIpc) is 2.15. The van der Waals surface area contributed by atoms with Crippen LogP contribution >= 0.6 is 0 Å². The molecule has 0 amide bonds. The number of nitrogens with one attached hydrogen (secondary N) is 1. The summed E-state index contributed by atoms with van der Waals surface area (Å²) in [5.41, 5.74) is 3.59. The van der Waals surface area contributed by atoms with Crippen molar-refractivity contribution in [3.63, 3.8) is 0 Å². The molecule has 0 spiro atoms. The smallest absolute Gasteiger partial charge is 0.156 e. The van der Waals surface area contributed by atoms with Gasteiger partial charge in [-0.2, -0.15) is 5.84 Å². The Labute approximate surface area is 52.5 Å². The van der Waals surface area contributed by atoms with Crippen LogP contribution < -0.4 is 11.1 Å². The van der Waals surface area contributed by atoms with Crippen molar-refractivity contribution in [1.29, 1.82) is 0 Å². The Morgan fingerprint density at radius 2 is 2.67 bits per heavy atom. The van der Waals surface area contributed by atoms with E-state index in [1.807, 2.05) is 0 Å². The zero-order valence-corrected chi connectivity index (χ0v) is 5.07. The van der Waals surface area contributed by atoms with Crippen molar-refractivity contribution >= 4 is 12.6 Å². The number of nitrogens with two attached hydrogens (primary N) is 1. The summed E-state index contributed by atoms with van der Waals surface area (Å²) in [4.78, 5) is 0. The van der Waals surface area contributed by atoms with Gasteiger partial charge in [0.2, 0.25) is 0 Å². The van der Waals surface area contributed by atoms with Crippen LogP contribution in [0.2, 0.25) is 0 Å². The molecule has 0 aromatic heterocycles. The second-order valence-electron chi connectivity index (χ2n) is 1.58. The van der Waals surface area contributed by atoms with Crippen molar-refractivity contribution < 1.29 is 5.23 Å². The number of hydrogen-bond donors (Lipinski definition) is 2. The molecule has 6 heteroatoms. The number of amidine groups is 1. The third kappa shape index (κ3) is 0.843. The third-order valence-electron chi connectivity index (χ3n) is 0.990. The molecule has 0 aliphatic carbocycles. The molecular formula is C3H8N6. The van der Waals surface area contributed by atoms with Crippen LogP contribution in [0.15, 0.2) is 10.2 Å². The van der Waals surface area contributed by atoms with E-state index in [1.54, 1.807) is 6.92 Å². The molecule has 1 rings (SSSR count). The minimum Gasteiger partial charge on any atom is -0.347 e. The van der Waals surface area contributed by atoms with E-state index in [1.165, 1.54) is 5.12 Å². The van der Waals surface area contributed by atoms with Crippen molar-refractivity contribution in [1.82, 2.24) is 5.12 Å². The molecule has 0 radical (unpaired) electrons. The van der Waals surface area contributed by atoms with E-state index >= 15 is 0 Å². The summed E-state index contributed by atoms with van der Waals surface area (Å²) < 4.78 is 0. The molecule has 0 aromatic rings. The van der Waals surface area contributed by atoms with E-state index < -0.39 is 0 Å². The molecule has 1 heterocycles. The van der Waals surface area contributed by atoms with Crippen molar-refractivity contribution in [3.8, 4) is 0 Å². The second-order valence-corrected chi connectivity index (χ2v) is 1.58. The monoisotopic (exact) mass is 128 g/mol. The standard InChI is InChI=1S/C3H8N6/c1-3-6-7-9(5-2)8(3)4/h9H,2,4H2,1H3. The van der Waals surface area contributed by atoms with Crippen LogP contribution in [-0.4, -0.2) is 17.7 Å². The van der Waals surface area contributed by atoms with E-state index in [2.05, 4.69) is 22.5 Å². The van der Waals surface area contributed by atoms with E-state index in [0.717, 1.165) is 0 Å². The predicted molar refractivity (Wildman–Crippen MR) is 33.0 cm³/mol. The molecule has 1 unspecified atom stereocenters. The minimum absolute atomic E-state index is 0.340. The zero-order valence-electron chi connectivity index (χ0n) is 5.07. The largest absolute Gasteiger partial charge is 0.347 e. The van der Waals surface area contributed by atoms with Crippen LogP contribution in [0, 0.1) is 0 Å². The van der Waals surface area contributed by atoms with Crippen LogP contribution in [0.5, 0.6) is 0 Å². The number of hydrogen-bond acceptors (Lipinski definition) is 4. The predicted octanol–water partition coefficient (Wildman–Crippen LogP) is -1.79. The Balaban J connectivity index is 2.61. The van der Waals surface area contributed by atoms with Gasteiger partial charge in [0.15, 0.2) is 5.84 Å². The highest BCUT2D eigenvalue weighted by molar-refractivity contribution is 5.79. The molecule has 0 bridgehead atoms. The molecule has 0 fully saturated rings. The van der Waals surface area contributed by atoms with Crippen LogP contribution in [0.4, 0.5) is 0 Å². The van der Waals surface area contributed by atoms with Gasteiger partial charge in [-0.1, -0.05) is 5.10 Å². The fraction of sp³-hybridized carbons (Fsp3) is 0.333. The number of nitrogens with zero attached hydrogens (tertiary/aromatic N) is 4. The number of quaternary nitrogens is 1. The summed E-state index contributed by atoms with van der Waals surface area (Å²) in [5.74, 6) is 5.99. The topological polar surface area (TPSA) is 72.5 Å². The molecule has 1 aliphatic heterocycles. The SMILES string of the molecule is C=N[NH+]1[N-]N=C(C)N1N. The molecular weight excluding hydrogens is 120 g/mol. The molecule has 1 atom stereocenters. The molecule has 3 N–H and O–H groups in total. The van der Waals surface area contributed by atoms with Gasteiger partial charge in [-0.15, -0.1) is 10.3 Å². The Morgan fingerprint density at radius 1 is 2.00 bits per heavy atom. The van der Waals surface area contributed by atoms with Gasteiger partial charge in [-0.05, 0) is 6.92 Å². The molecule has 9 heavy (non-hydrogen) atoms. The maximum Gasteiger partial charge on any atom is 0.156 e. The zero-order chi connectivity index (χ0) is 6.85. The van der Waals surface area contributed by atoms with Crippen molar-refractivity contribution in [2.75, 3.05) is 0 Å². The van der Waals surface area contributed by atoms with Crippen LogP contribution in [0.25, 0.3) is 5.53 Å². The highest BCUT2D eigenvalue weighted by Gasteiger charge is 2.13. The van der Waals surface area contributed by atoms with E-state index in [4.69, 9.17) is 5.84 Å². The lowest BCUT2D eigenvalue weighted by Gasteiger charge is -2.19. The Hall–Kier alpha value is -1.14. The normalized spacial score (nSPS) is 25.3. The number of hydrazine groups is 1. The highest BCUT2D eigenvalue weighted by atomic mass is 16.1. The maximum atomic E-state index is 5.37. The summed E-state index contributed by atoms with van der Waals surface area (Å²) in [6.07, 6.45) is 0. The second kappa shape index (κ2) is 2.00. The molecule has 50 valence electrons. The highest BCUT2D eigenvalue weighted by Crippen LogP contribution is 1.88. The summed E-state index contributed by atoms with van der Waals surface area (Å²) in [5, 5.41) is 8.76. The molecule has 0 saturated carbocycles. The van der Waals surface area contributed by atoms with Gasteiger partial charge in [0, 0.05) is 6.72 Å². The molecule has 0 saturated heterocycles. The van der Waals surface area contributed by atoms with E-state index in [0.29, 0.717) is 11.1 Å². The quantitative estimate of drug-likeness (QED) is 0.323. The van der Waals surface area contributed by atoms with Crippen LogP contribution in [0.3, 0.4) is 0 Å². The summed E-state index contributed by atoms with van der Waals surface area (Å²) in [6, 6.07) is 0. The number of rotatable bonds is 1. The van der Waals surface area contributed by atoms with Gasteiger partial charge in [0.25, 0.3) is 0 Å². The van der Waals surface area contributed by atoms with Gasteiger partial charge in [0.1, 0.15) is 0 Å². The fourth-order valence-corrected chi connectivity index (χ4v) is 0.466. The Morgan fingerprint density at radius 3 is 2.89 bits per heavy atom. The molecule has 6 nitrogen and oxygen atoms in total. The Bertz CT molecular complexity index is 150. The summed E-state index contributed by atoms with van der Waals surface area (Å²) in [7, 11) is 0. The molecule has 0 aromatic carbocycles. The lowest BCUT2D eigenvalue weighted by Crippen LogP contribution is -3.10. The van der Waals surface area contributed by atoms with E-state index in [-0.39, 0.29) is 0 Å². The lowest BCUT2D eigenvalue weighted by molar-refractivity contribution is -0.972. The van der Waals surface area contributed by atoms with Crippen LogP contribution in [-0.2, 0) is 0 Å². The third-order valence-corrected chi connectivity index (χ3v) is 0.990. The lowest BCUT2D eigenvalue weighted by atomic mass is 10.7. The first-order valence-electron chi connectivity index (χ1n) is 2.39. The van der Waals surface area contributed by atoms with Gasteiger partial charge >= 0.3 is 0 Å². The van der Waals surface area contributed by atoms with Crippen molar-refractivity contribution in [2.45, 2.75) is 6.92 Å². The van der Waals surface area contributed by atoms with Crippen LogP contribution in [0.1, 0.15) is 6.92 Å². The first kappa shape index (κ1) is 5.99. The Kier molecular flexibility index (Phi) is 1.33. The summed E-state index contributed by atoms with van der Waals surface area (Å²) in [6.45, 7) is 4.99. The maximum absolute atomic E-state index is 5.37. The fourth-order valence-electron chi connectivity index (χ4n) is 0.466. The first-order chi connectivity index (χ1) is 4.25. The molecule has 1 aliphatic rings. The van der Waals surface area contributed by atoms with Crippen molar-refractivity contribution in [3.05, 3.63) is 5.53 Å².